The van der Waals surface area contributed by atoms with Gasteiger partial charge in [-0.1, -0.05) is 5.21 Å². The molecule has 1 N–H and O–H groups in total. The average Bonchev–Trinajstić information content (AvgIpc) is 2.70. The van der Waals surface area contributed by atoms with Crippen LogP contribution in [0.4, 0.5) is 0 Å². The monoisotopic (exact) mass is 193 g/mol. The van der Waals surface area contributed by atoms with E-state index >= 15 is 0 Å². The second-order valence-electron chi connectivity index (χ2n) is 3.12. The first kappa shape index (κ1) is 8.89. The fraction of sp³-hybridized carbons (Fsp3) is 0.375. The van der Waals surface area contributed by atoms with Crippen molar-refractivity contribution < 1.29 is 5.11 Å². The van der Waals surface area contributed by atoms with Gasteiger partial charge in [0.25, 0.3) is 0 Å². The van der Waals surface area contributed by atoms with Crippen molar-refractivity contribution in [2.75, 3.05) is 0 Å². The van der Waals surface area contributed by atoms with Crippen LogP contribution in [0, 0.1) is 0 Å². The van der Waals surface area contributed by atoms with Gasteiger partial charge in [0.1, 0.15) is 5.69 Å². The van der Waals surface area contributed by atoms with Gasteiger partial charge in [0, 0.05) is 7.05 Å². The van der Waals surface area contributed by atoms with E-state index in [2.05, 4.69) is 15.4 Å². The minimum Gasteiger partial charge on any atom is -0.387 e. The Bertz CT molecular complexity index is 430. The zero-order valence-corrected chi connectivity index (χ0v) is 7.99. The Labute approximate surface area is 80.8 Å². The third kappa shape index (κ3) is 1.39. The molecule has 2 aromatic rings. The number of aliphatic hydroxyl groups excluding tert-OH is 1. The minimum atomic E-state index is -0.592. The summed E-state index contributed by atoms with van der Waals surface area (Å²) in [4.78, 5) is 0. The number of aryl methyl sites for hydroxylation is 1. The van der Waals surface area contributed by atoms with Crippen molar-refractivity contribution in [3.8, 4) is 5.69 Å². The smallest absolute Gasteiger partial charge is 0.105 e. The Morgan fingerprint density at radius 1 is 1.43 bits per heavy atom. The molecule has 0 aromatic carbocycles. The molecule has 2 rings (SSSR count). The summed E-state index contributed by atoms with van der Waals surface area (Å²) in [5.74, 6) is 0. The molecule has 0 bridgehead atoms. The standard InChI is InChI=1S/C8H11N5O/c1-6(14)8-4-9-11-13(8)7-3-10-12(2)5-7/h3-6,14H,1-2H3/t6-/m0/s1. The van der Waals surface area contributed by atoms with E-state index in [1.54, 1.807) is 28.7 Å². The third-order valence-corrected chi connectivity index (χ3v) is 1.94. The van der Waals surface area contributed by atoms with Crippen LogP contribution in [-0.4, -0.2) is 29.9 Å². The second kappa shape index (κ2) is 3.22. The van der Waals surface area contributed by atoms with Crippen LogP contribution in [0.15, 0.2) is 18.6 Å². The minimum absolute atomic E-state index is 0.592. The SMILES string of the molecule is C[C@H](O)c1cnnn1-c1cnn(C)c1. The highest BCUT2D eigenvalue weighted by Crippen LogP contribution is 2.14. The molecule has 6 nitrogen and oxygen atoms in total. The molecule has 0 unspecified atom stereocenters. The zero-order valence-electron chi connectivity index (χ0n) is 7.99. The Kier molecular flexibility index (Phi) is 2.05. The number of nitrogens with zero attached hydrogens (tertiary/aromatic N) is 5. The summed E-state index contributed by atoms with van der Waals surface area (Å²) in [7, 11) is 1.82. The predicted octanol–water partition coefficient (Wildman–Crippen LogP) is 0.0541. The van der Waals surface area contributed by atoms with Crippen molar-refractivity contribution in [2.45, 2.75) is 13.0 Å². The molecule has 74 valence electrons. The summed E-state index contributed by atoms with van der Waals surface area (Å²) in [5, 5.41) is 21.1. The van der Waals surface area contributed by atoms with Gasteiger partial charge in [-0.15, -0.1) is 5.10 Å². The average molecular weight is 193 g/mol. The van der Waals surface area contributed by atoms with E-state index in [1.807, 2.05) is 7.05 Å². The van der Waals surface area contributed by atoms with Crippen LogP contribution in [0.3, 0.4) is 0 Å². The van der Waals surface area contributed by atoms with Crippen molar-refractivity contribution >= 4 is 0 Å². The molecule has 0 aliphatic carbocycles. The molecule has 6 heteroatoms. The molecule has 0 fully saturated rings. The lowest BCUT2D eigenvalue weighted by molar-refractivity contribution is 0.191. The number of rotatable bonds is 2. The molecule has 0 saturated carbocycles. The van der Waals surface area contributed by atoms with Crippen molar-refractivity contribution in [1.29, 1.82) is 0 Å². The number of hydrogen-bond acceptors (Lipinski definition) is 4. The first-order chi connectivity index (χ1) is 6.68. The highest BCUT2D eigenvalue weighted by Gasteiger charge is 2.11. The van der Waals surface area contributed by atoms with Crippen LogP contribution in [0.25, 0.3) is 5.69 Å². The molecule has 0 aliphatic heterocycles. The lowest BCUT2D eigenvalue weighted by Crippen LogP contribution is -2.04. The predicted molar refractivity (Wildman–Crippen MR) is 48.8 cm³/mol. The number of hydrogen-bond donors (Lipinski definition) is 1. The lowest BCUT2D eigenvalue weighted by Gasteiger charge is -2.04. The summed E-state index contributed by atoms with van der Waals surface area (Å²) >= 11 is 0. The van der Waals surface area contributed by atoms with Crippen LogP contribution in [0.1, 0.15) is 18.7 Å². The van der Waals surface area contributed by atoms with Gasteiger partial charge in [-0.25, -0.2) is 4.68 Å². The normalized spacial score (nSPS) is 13.1. The Hall–Kier alpha value is -1.69. The maximum absolute atomic E-state index is 9.43. The Morgan fingerprint density at radius 3 is 2.79 bits per heavy atom. The van der Waals surface area contributed by atoms with Crippen LogP contribution in [0.5, 0.6) is 0 Å². The fourth-order valence-electron chi connectivity index (χ4n) is 1.25. The van der Waals surface area contributed by atoms with E-state index in [4.69, 9.17) is 0 Å². The molecular formula is C8H11N5O. The van der Waals surface area contributed by atoms with Gasteiger partial charge in [-0.3, -0.25) is 4.68 Å². The molecule has 0 radical (unpaired) electrons. The molecule has 14 heavy (non-hydrogen) atoms. The van der Waals surface area contributed by atoms with Crippen molar-refractivity contribution in [1.82, 2.24) is 24.8 Å². The summed E-state index contributed by atoms with van der Waals surface area (Å²) in [6.07, 6.45) is 4.42. The first-order valence-corrected chi connectivity index (χ1v) is 4.26. The molecule has 0 amide bonds. The largest absolute Gasteiger partial charge is 0.387 e. The van der Waals surface area contributed by atoms with Crippen molar-refractivity contribution in [2.24, 2.45) is 7.05 Å². The summed E-state index contributed by atoms with van der Waals surface area (Å²) in [5.41, 5.74) is 1.44. The topological polar surface area (TPSA) is 68.8 Å². The van der Waals surface area contributed by atoms with E-state index in [1.165, 1.54) is 6.20 Å². The van der Waals surface area contributed by atoms with Gasteiger partial charge in [-0.2, -0.15) is 5.10 Å². The van der Waals surface area contributed by atoms with Gasteiger partial charge >= 0.3 is 0 Å². The molecule has 2 heterocycles. The van der Waals surface area contributed by atoms with E-state index in [-0.39, 0.29) is 0 Å². The van der Waals surface area contributed by atoms with E-state index in [9.17, 15) is 5.11 Å². The Balaban J connectivity index is 2.46. The van der Waals surface area contributed by atoms with E-state index < -0.39 is 6.10 Å². The highest BCUT2D eigenvalue weighted by molar-refractivity contribution is 5.26. The molecule has 2 aromatic heterocycles. The van der Waals surface area contributed by atoms with Crippen molar-refractivity contribution in [3.05, 3.63) is 24.3 Å². The van der Waals surface area contributed by atoms with Crippen LogP contribution >= 0.6 is 0 Å². The molecule has 0 spiro atoms. The highest BCUT2D eigenvalue weighted by atomic mass is 16.3. The molecule has 0 saturated heterocycles. The van der Waals surface area contributed by atoms with Gasteiger partial charge < -0.3 is 5.11 Å². The number of aliphatic hydroxyl groups is 1. The molecular weight excluding hydrogens is 182 g/mol. The van der Waals surface area contributed by atoms with E-state index in [0.717, 1.165) is 5.69 Å². The van der Waals surface area contributed by atoms with Gasteiger partial charge in [-0.05, 0) is 6.92 Å². The van der Waals surface area contributed by atoms with Gasteiger partial charge in [0.05, 0.1) is 30.4 Å². The third-order valence-electron chi connectivity index (χ3n) is 1.94. The van der Waals surface area contributed by atoms with Crippen LogP contribution in [-0.2, 0) is 7.05 Å². The second-order valence-corrected chi connectivity index (χ2v) is 3.12. The van der Waals surface area contributed by atoms with Gasteiger partial charge in [0.15, 0.2) is 0 Å². The molecule has 0 aliphatic rings. The van der Waals surface area contributed by atoms with Gasteiger partial charge in [0.2, 0.25) is 0 Å². The summed E-state index contributed by atoms with van der Waals surface area (Å²) in [6.45, 7) is 1.67. The number of aromatic nitrogens is 5. The quantitative estimate of drug-likeness (QED) is 0.732. The van der Waals surface area contributed by atoms with Crippen molar-refractivity contribution in [3.63, 3.8) is 0 Å². The lowest BCUT2D eigenvalue weighted by atomic mass is 10.3. The maximum atomic E-state index is 9.43. The maximum Gasteiger partial charge on any atom is 0.105 e. The fourth-order valence-corrected chi connectivity index (χ4v) is 1.25. The summed E-state index contributed by atoms with van der Waals surface area (Å²) in [6, 6.07) is 0. The first-order valence-electron chi connectivity index (χ1n) is 4.26. The van der Waals surface area contributed by atoms with Crippen LogP contribution < -0.4 is 0 Å². The molecule has 1 atom stereocenters. The Morgan fingerprint density at radius 2 is 2.21 bits per heavy atom. The van der Waals surface area contributed by atoms with E-state index in [0.29, 0.717) is 5.69 Å². The van der Waals surface area contributed by atoms with Crippen LogP contribution in [0.2, 0.25) is 0 Å². The zero-order chi connectivity index (χ0) is 10.1. The summed E-state index contributed by atoms with van der Waals surface area (Å²) < 4.78 is 3.24.